The molecule has 0 saturated carbocycles. The Hall–Kier alpha value is -2.24. The fourth-order valence-electron chi connectivity index (χ4n) is 2.23. The van der Waals surface area contributed by atoms with Crippen LogP contribution in [0.2, 0.25) is 0 Å². The molecule has 25 heavy (non-hydrogen) atoms. The second-order valence-electron chi connectivity index (χ2n) is 5.33. The number of aromatic nitrogens is 1. The van der Waals surface area contributed by atoms with Gasteiger partial charge in [-0.25, -0.2) is 4.98 Å². The monoisotopic (exact) mass is 366 g/mol. The van der Waals surface area contributed by atoms with Crippen molar-refractivity contribution in [2.45, 2.75) is 21.4 Å². The second-order valence-corrected chi connectivity index (χ2v) is 7.30. The van der Waals surface area contributed by atoms with Crippen LogP contribution in [0.15, 0.2) is 87.7 Å². The molecule has 5 heteroatoms. The number of carbonyl (C=O) groups is 1. The van der Waals surface area contributed by atoms with E-state index in [1.54, 1.807) is 29.7 Å². The van der Waals surface area contributed by atoms with Crippen molar-refractivity contribution in [2.24, 2.45) is 0 Å². The molecule has 0 radical (unpaired) electrons. The van der Waals surface area contributed by atoms with E-state index >= 15 is 0 Å². The average molecular weight is 367 g/mol. The number of hydrogen-bond acceptors (Lipinski definition) is 4. The summed E-state index contributed by atoms with van der Waals surface area (Å²) in [4.78, 5) is 18.8. The molecule has 1 amide bonds. The van der Waals surface area contributed by atoms with E-state index in [4.69, 9.17) is 0 Å². The lowest BCUT2D eigenvalue weighted by atomic mass is 10.2. The van der Waals surface area contributed by atoms with Crippen molar-refractivity contribution in [3.8, 4) is 0 Å². The highest BCUT2D eigenvalue weighted by molar-refractivity contribution is 7.99. The summed E-state index contributed by atoms with van der Waals surface area (Å²) in [6.07, 6.45) is 3.82. The van der Waals surface area contributed by atoms with Gasteiger partial charge in [0.15, 0.2) is 0 Å². The maximum absolute atomic E-state index is 12.3. The van der Waals surface area contributed by atoms with Gasteiger partial charge in [-0.1, -0.05) is 30.0 Å². The molecule has 3 rings (SSSR count). The van der Waals surface area contributed by atoms with Crippen LogP contribution < -0.4 is 5.32 Å². The highest BCUT2D eigenvalue weighted by atomic mass is 32.2. The summed E-state index contributed by atoms with van der Waals surface area (Å²) < 4.78 is 0. The summed E-state index contributed by atoms with van der Waals surface area (Å²) in [5.41, 5.74) is 1.75. The van der Waals surface area contributed by atoms with Crippen LogP contribution in [-0.2, 0) is 6.54 Å². The topological polar surface area (TPSA) is 42.0 Å². The van der Waals surface area contributed by atoms with Crippen molar-refractivity contribution >= 4 is 29.4 Å². The first-order chi connectivity index (χ1) is 12.2. The number of amides is 1. The molecule has 126 valence electrons. The molecule has 0 aliphatic heterocycles. The molecule has 0 fully saturated rings. The standard InChI is InChI=1S/C20H18N2OS2/c1-24-17-9-5-15(6-10-17)14-22-20(23)16-7-11-18(12-8-16)25-19-4-2-3-13-21-19/h2-13H,14H2,1H3,(H,22,23). The average Bonchev–Trinajstić information content (AvgIpc) is 2.68. The predicted octanol–water partition coefficient (Wildman–Crippen LogP) is 4.88. The summed E-state index contributed by atoms with van der Waals surface area (Å²) in [7, 11) is 0. The third-order valence-electron chi connectivity index (χ3n) is 3.59. The third-order valence-corrected chi connectivity index (χ3v) is 5.29. The van der Waals surface area contributed by atoms with E-state index in [0.29, 0.717) is 12.1 Å². The van der Waals surface area contributed by atoms with Crippen molar-refractivity contribution < 1.29 is 4.79 Å². The Morgan fingerprint density at radius 3 is 2.32 bits per heavy atom. The fourth-order valence-corrected chi connectivity index (χ4v) is 3.41. The van der Waals surface area contributed by atoms with Gasteiger partial charge in [0.25, 0.3) is 5.91 Å². The Kier molecular flexibility index (Phi) is 6.14. The highest BCUT2D eigenvalue weighted by Gasteiger charge is 2.06. The summed E-state index contributed by atoms with van der Waals surface area (Å²) in [6.45, 7) is 0.526. The molecular weight excluding hydrogens is 348 g/mol. The minimum Gasteiger partial charge on any atom is -0.348 e. The predicted molar refractivity (Wildman–Crippen MR) is 104 cm³/mol. The lowest BCUT2D eigenvalue weighted by Crippen LogP contribution is -2.22. The van der Waals surface area contributed by atoms with Gasteiger partial charge in [-0.05, 0) is 60.4 Å². The van der Waals surface area contributed by atoms with E-state index in [9.17, 15) is 4.79 Å². The van der Waals surface area contributed by atoms with Crippen molar-refractivity contribution in [1.82, 2.24) is 10.3 Å². The first-order valence-corrected chi connectivity index (χ1v) is 9.89. The van der Waals surface area contributed by atoms with Gasteiger partial charge < -0.3 is 5.32 Å². The number of hydrogen-bond donors (Lipinski definition) is 1. The summed E-state index contributed by atoms with van der Waals surface area (Å²) >= 11 is 3.28. The first-order valence-electron chi connectivity index (χ1n) is 7.85. The quantitative estimate of drug-likeness (QED) is 0.631. The third kappa shape index (κ3) is 5.11. The Labute approximate surface area is 156 Å². The van der Waals surface area contributed by atoms with Gasteiger partial charge in [-0.15, -0.1) is 11.8 Å². The molecule has 2 aromatic carbocycles. The number of benzene rings is 2. The molecule has 0 spiro atoms. The van der Waals surface area contributed by atoms with Crippen molar-refractivity contribution in [3.63, 3.8) is 0 Å². The van der Waals surface area contributed by atoms with E-state index in [0.717, 1.165) is 15.5 Å². The van der Waals surface area contributed by atoms with Crippen LogP contribution in [0.1, 0.15) is 15.9 Å². The lowest BCUT2D eigenvalue weighted by Gasteiger charge is -2.07. The molecule has 0 aliphatic carbocycles. The molecule has 0 atom stereocenters. The van der Waals surface area contributed by atoms with Crippen LogP contribution in [0, 0.1) is 0 Å². The van der Waals surface area contributed by atoms with Crippen LogP contribution in [-0.4, -0.2) is 17.1 Å². The maximum atomic E-state index is 12.3. The minimum atomic E-state index is -0.0664. The van der Waals surface area contributed by atoms with Crippen molar-refractivity contribution in [2.75, 3.05) is 6.26 Å². The fraction of sp³-hybridized carbons (Fsp3) is 0.100. The summed E-state index contributed by atoms with van der Waals surface area (Å²) in [6, 6.07) is 21.6. The smallest absolute Gasteiger partial charge is 0.251 e. The maximum Gasteiger partial charge on any atom is 0.251 e. The molecule has 0 saturated heterocycles. The minimum absolute atomic E-state index is 0.0664. The second kappa shape index (κ2) is 8.74. The zero-order chi connectivity index (χ0) is 17.5. The Morgan fingerprint density at radius 1 is 0.960 bits per heavy atom. The van der Waals surface area contributed by atoms with Crippen LogP contribution in [0.25, 0.3) is 0 Å². The number of rotatable bonds is 6. The Morgan fingerprint density at radius 2 is 1.68 bits per heavy atom. The molecule has 1 N–H and O–H groups in total. The van der Waals surface area contributed by atoms with E-state index in [2.05, 4.69) is 22.4 Å². The van der Waals surface area contributed by atoms with E-state index in [-0.39, 0.29) is 5.91 Å². The van der Waals surface area contributed by atoms with Crippen LogP contribution in [0.5, 0.6) is 0 Å². The van der Waals surface area contributed by atoms with Gasteiger partial charge in [-0.3, -0.25) is 4.79 Å². The van der Waals surface area contributed by atoms with Crippen molar-refractivity contribution in [1.29, 1.82) is 0 Å². The largest absolute Gasteiger partial charge is 0.348 e. The van der Waals surface area contributed by atoms with Crippen LogP contribution >= 0.6 is 23.5 Å². The zero-order valence-corrected chi connectivity index (χ0v) is 15.4. The molecule has 0 unspecified atom stereocenters. The normalized spacial score (nSPS) is 10.4. The molecule has 3 aromatic rings. The van der Waals surface area contributed by atoms with Gasteiger partial charge in [0.05, 0.1) is 0 Å². The van der Waals surface area contributed by atoms with Gasteiger partial charge in [-0.2, -0.15) is 0 Å². The first kappa shape index (κ1) is 17.6. The van der Waals surface area contributed by atoms with Gasteiger partial charge in [0.2, 0.25) is 0 Å². The number of pyridine rings is 1. The molecule has 0 aliphatic rings. The van der Waals surface area contributed by atoms with Crippen LogP contribution in [0.3, 0.4) is 0 Å². The Balaban J connectivity index is 1.56. The summed E-state index contributed by atoms with van der Waals surface area (Å²) in [5, 5.41) is 3.90. The summed E-state index contributed by atoms with van der Waals surface area (Å²) in [5.74, 6) is -0.0664. The SMILES string of the molecule is CSc1ccc(CNC(=O)c2ccc(Sc3ccccn3)cc2)cc1. The molecular formula is C20H18N2OS2. The number of nitrogens with zero attached hydrogens (tertiary/aromatic N) is 1. The van der Waals surface area contributed by atoms with E-state index in [1.165, 1.54) is 4.90 Å². The van der Waals surface area contributed by atoms with E-state index in [1.807, 2.05) is 60.9 Å². The highest BCUT2D eigenvalue weighted by Crippen LogP contribution is 2.25. The molecule has 1 aromatic heterocycles. The lowest BCUT2D eigenvalue weighted by molar-refractivity contribution is 0.0951. The van der Waals surface area contributed by atoms with Gasteiger partial charge >= 0.3 is 0 Å². The number of thioether (sulfide) groups is 1. The van der Waals surface area contributed by atoms with Gasteiger partial charge in [0.1, 0.15) is 5.03 Å². The van der Waals surface area contributed by atoms with Gasteiger partial charge in [0, 0.05) is 28.1 Å². The molecule has 1 heterocycles. The number of nitrogens with one attached hydrogen (secondary N) is 1. The molecule has 0 bridgehead atoms. The molecule has 3 nitrogen and oxygen atoms in total. The zero-order valence-electron chi connectivity index (χ0n) is 13.8. The number of carbonyl (C=O) groups excluding carboxylic acids is 1. The van der Waals surface area contributed by atoms with Crippen LogP contribution in [0.4, 0.5) is 0 Å². The Bertz CT molecular complexity index is 819. The van der Waals surface area contributed by atoms with E-state index < -0.39 is 0 Å². The van der Waals surface area contributed by atoms with Crippen molar-refractivity contribution in [3.05, 3.63) is 84.1 Å².